The van der Waals surface area contributed by atoms with E-state index in [0.717, 1.165) is 16.6 Å². The molecule has 0 aliphatic rings. The maximum absolute atomic E-state index is 13.5. The van der Waals surface area contributed by atoms with Gasteiger partial charge in [-0.2, -0.15) is 0 Å². The molecular weight excluding hydrogens is 343 g/mol. The predicted octanol–water partition coefficient (Wildman–Crippen LogP) is 3.12. The summed E-state index contributed by atoms with van der Waals surface area (Å²) in [5.74, 6) is -2.81. The molecule has 5 nitrogen and oxygen atoms in total. The lowest BCUT2D eigenvalue weighted by atomic mass is 10.1. The molecule has 2 aromatic rings. The number of nitrogens with one attached hydrogen (secondary N) is 1. The molecule has 0 aliphatic carbocycles. The molecule has 0 bridgehead atoms. The first-order valence-electron chi connectivity index (χ1n) is 5.77. The van der Waals surface area contributed by atoms with Crippen molar-refractivity contribution in [2.45, 2.75) is 0 Å². The Balaban J connectivity index is 2.23. The van der Waals surface area contributed by atoms with Gasteiger partial charge < -0.3 is 16.2 Å². The highest BCUT2D eigenvalue weighted by molar-refractivity contribution is 9.10. The largest absolute Gasteiger partial charge is 0.478 e. The summed E-state index contributed by atoms with van der Waals surface area (Å²) in [7, 11) is 0. The van der Waals surface area contributed by atoms with Gasteiger partial charge in [0, 0.05) is 15.8 Å². The van der Waals surface area contributed by atoms with E-state index in [1.54, 1.807) is 12.1 Å². The van der Waals surface area contributed by atoms with E-state index in [9.17, 15) is 14.0 Å². The molecule has 2 rings (SSSR count). The topological polar surface area (TPSA) is 92.4 Å². The fraction of sp³-hybridized carbons (Fsp3) is 0. The van der Waals surface area contributed by atoms with Crippen molar-refractivity contribution in [3.05, 3.63) is 57.8 Å². The average Bonchev–Trinajstić information content (AvgIpc) is 2.37. The number of rotatable bonds is 3. The highest BCUT2D eigenvalue weighted by atomic mass is 79.9. The Morgan fingerprint density at radius 2 is 1.81 bits per heavy atom. The number of carbonyl (C=O) groups is 2. The van der Waals surface area contributed by atoms with Crippen molar-refractivity contribution in [2.24, 2.45) is 0 Å². The summed E-state index contributed by atoms with van der Waals surface area (Å²) < 4.78 is 14.3. The van der Waals surface area contributed by atoms with Gasteiger partial charge >= 0.3 is 5.97 Å². The number of anilines is 2. The third-order valence-electron chi connectivity index (χ3n) is 2.72. The summed E-state index contributed by atoms with van der Waals surface area (Å²) in [6, 6.07) is 8.08. The van der Waals surface area contributed by atoms with Gasteiger partial charge in [-0.15, -0.1) is 0 Å². The highest BCUT2D eigenvalue weighted by Gasteiger charge is 2.13. The fourth-order valence-corrected chi connectivity index (χ4v) is 2.08. The Morgan fingerprint density at radius 3 is 2.38 bits per heavy atom. The summed E-state index contributed by atoms with van der Waals surface area (Å²) in [6.07, 6.45) is 0. The van der Waals surface area contributed by atoms with Crippen molar-refractivity contribution in [3.63, 3.8) is 0 Å². The van der Waals surface area contributed by atoms with E-state index in [4.69, 9.17) is 10.8 Å². The molecular formula is C14H10BrFN2O3. The molecule has 0 spiro atoms. The number of hydrogen-bond acceptors (Lipinski definition) is 3. The lowest BCUT2D eigenvalue weighted by Crippen LogP contribution is -2.14. The van der Waals surface area contributed by atoms with Gasteiger partial charge in [0.2, 0.25) is 0 Å². The zero-order valence-electron chi connectivity index (χ0n) is 10.6. The molecule has 1 amide bonds. The van der Waals surface area contributed by atoms with Crippen LogP contribution in [0.25, 0.3) is 0 Å². The van der Waals surface area contributed by atoms with Crippen LogP contribution >= 0.6 is 15.9 Å². The first-order valence-corrected chi connectivity index (χ1v) is 6.57. The Kier molecular flexibility index (Phi) is 4.23. The molecule has 0 unspecified atom stereocenters. The van der Waals surface area contributed by atoms with Gasteiger partial charge in [-0.05, 0) is 36.4 Å². The van der Waals surface area contributed by atoms with Crippen LogP contribution in [0.4, 0.5) is 15.8 Å². The van der Waals surface area contributed by atoms with Crippen LogP contribution in [0.1, 0.15) is 20.7 Å². The summed E-state index contributed by atoms with van der Waals surface area (Å²) >= 11 is 3.23. The van der Waals surface area contributed by atoms with Gasteiger partial charge in [-0.25, -0.2) is 9.18 Å². The van der Waals surface area contributed by atoms with Crippen molar-refractivity contribution in [3.8, 4) is 0 Å². The number of carboxylic acids is 1. The number of carboxylic acid groups (broad SMARTS) is 1. The van der Waals surface area contributed by atoms with Crippen LogP contribution in [-0.2, 0) is 0 Å². The van der Waals surface area contributed by atoms with E-state index >= 15 is 0 Å². The molecule has 0 fully saturated rings. The van der Waals surface area contributed by atoms with Crippen LogP contribution in [0.3, 0.4) is 0 Å². The van der Waals surface area contributed by atoms with Crippen molar-refractivity contribution in [1.82, 2.24) is 0 Å². The van der Waals surface area contributed by atoms with Crippen molar-refractivity contribution in [1.29, 1.82) is 0 Å². The molecule has 2 aromatic carbocycles. The van der Waals surface area contributed by atoms with Crippen LogP contribution in [0.2, 0.25) is 0 Å². The zero-order chi connectivity index (χ0) is 15.6. The van der Waals surface area contributed by atoms with Crippen LogP contribution < -0.4 is 11.1 Å². The molecule has 0 aliphatic heterocycles. The maximum Gasteiger partial charge on any atom is 0.338 e. The van der Waals surface area contributed by atoms with Crippen molar-refractivity contribution in [2.75, 3.05) is 11.1 Å². The van der Waals surface area contributed by atoms with E-state index in [1.165, 1.54) is 12.1 Å². The number of amides is 1. The number of nitrogen functional groups attached to an aromatic ring is 1. The van der Waals surface area contributed by atoms with Gasteiger partial charge in [0.05, 0.1) is 11.1 Å². The number of benzene rings is 2. The third kappa shape index (κ3) is 3.38. The number of halogens is 2. The molecule has 0 radical (unpaired) electrons. The Bertz CT molecular complexity index is 734. The molecule has 0 saturated carbocycles. The fourth-order valence-electron chi connectivity index (χ4n) is 1.71. The molecule has 7 heteroatoms. The van der Waals surface area contributed by atoms with E-state index in [1.807, 2.05) is 0 Å². The van der Waals surface area contributed by atoms with Crippen LogP contribution in [0.15, 0.2) is 40.9 Å². The van der Waals surface area contributed by atoms with Crippen LogP contribution in [0, 0.1) is 5.82 Å². The van der Waals surface area contributed by atoms with Gasteiger partial charge in [-0.3, -0.25) is 4.79 Å². The number of aromatic carboxylic acids is 1. The molecule has 108 valence electrons. The van der Waals surface area contributed by atoms with E-state index in [0.29, 0.717) is 0 Å². The second-order valence-corrected chi connectivity index (χ2v) is 5.10. The second-order valence-electron chi connectivity index (χ2n) is 4.19. The third-order valence-corrected chi connectivity index (χ3v) is 3.21. The van der Waals surface area contributed by atoms with E-state index < -0.39 is 23.3 Å². The van der Waals surface area contributed by atoms with Crippen molar-refractivity contribution < 1.29 is 19.1 Å². The average molecular weight is 353 g/mol. The van der Waals surface area contributed by atoms with Crippen LogP contribution in [0.5, 0.6) is 0 Å². The number of carbonyl (C=O) groups excluding carboxylic acids is 1. The summed E-state index contributed by atoms with van der Waals surface area (Å²) in [6.45, 7) is 0. The predicted molar refractivity (Wildman–Crippen MR) is 79.9 cm³/mol. The lowest BCUT2D eigenvalue weighted by Gasteiger charge is -2.08. The monoisotopic (exact) mass is 352 g/mol. The van der Waals surface area contributed by atoms with E-state index in [-0.39, 0.29) is 16.9 Å². The first kappa shape index (κ1) is 15.0. The summed E-state index contributed by atoms with van der Waals surface area (Å²) in [5, 5.41) is 11.2. The Morgan fingerprint density at radius 1 is 1.14 bits per heavy atom. The normalized spacial score (nSPS) is 10.2. The number of nitrogens with two attached hydrogens (primary N) is 1. The minimum absolute atomic E-state index is 0.143. The zero-order valence-corrected chi connectivity index (χ0v) is 12.1. The van der Waals surface area contributed by atoms with E-state index in [2.05, 4.69) is 21.2 Å². The molecule has 0 heterocycles. The minimum Gasteiger partial charge on any atom is -0.478 e. The molecule has 0 saturated heterocycles. The van der Waals surface area contributed by atoms with Gasteiger partial charge in [-0.1, -0.05) is 15.9 Å². The molecule has 0 aromatic heterocycles. The summed E-state index contributed by atoms with van der Waals surface area (Å²) in [4.78, 5) is 22.7. The quantitative estimate of drug-likeness (QED) is 0.740. The molecule has 0 atom stereocenters. The Hall–Kier alpha value is -2.41. The van der Waals surface area contributed by atoms with Gasteiger partial charge in [0.1, 0.15) is 5.82 Å². The van der Waals surface area contributed by atoms with Gasteiger partial charge in [0.25, 0.3) is 5.91 Å². The SMILES string of the molecule is Nc1cc(Br)ccc1C(=O)Nc1ccc(C(=O)O)c(F)c1. The smallest absolute Gasteiger partial charge is 0.338 e. The lowest BCUT2D eigenvalue weighted by molar-refractivity contribution is 0.0692. The standard InChI is InChI=1S/C14H10BrFN2O3/c15-7-1-3-10(12(17)5-7)13(19)18-8-2-4-9(14(20)21)11(16)6-8/h1-6H,17H2,(H,18,19)(H,20,21). The highest BCUT2D eigenvalue weighted by Crippen LogP contribution is 2.21. The minimum atomic E-state index is -1.37. The second kappa shape index (κ2) is 5.92. The molecule has 21 heavy (non-hydrogen) atoms. The van der Waals surface area contributed by atoms with Crippen LogP contribution in [-0.4, -0.2) is 17.0 Å². The van der Waals surface area contributed by atoms with Crippen molar-refractivity contribution >= 4 is 39.2 Å². The first-order chi connectivity index (χ1) is 9.88. The summed E-state index contributed by atoms with van der Waals surface area (Å²) in [5.41, 5.74) is 5.91. The Labute approximate surface area is 127 Å². The maximum atomic E-state index is 13.5. The molecule has 4 N–H and O–H groups in total. The van der Waals surface area contributed by atoms with Gasteiger partial charge in [0.15, 0.2) is 0 Å². The number of hydrogen-bond donors (Lipinski definition) is 3.